The first-order chi connectivity index (χ1) is 13.0. The van der Waals surface area contributed by atoms with Crippen LogP contribution >= 0.6 is 0 Å². The van der Waals surface area contributed by atoms with Crippen LogP contribution in [0.15, 0.2) is 18.6 Å². The van der Waals surface area contributed by atoms with Crippen LogP contribution in [-0.2, 0) is 29.1 Å². The second kappa shape index (κ2) is 20.2. The Balaban J connectivity index is 0. The minimum atomic E-state index is -1.35. The zero-order valence-electron chi connectivity index (χ0n) is 16.9. The Kier molecular flexibility index (Phi) is 20.7. The zero-order valence-corrected chi connectivity index (χ0v) is 19.9. The predicted octanol–water partition coefficient (Wildman–Crippen LogP) is 1.58. The van der Waals surface area contributed by atoms with Gasteiger partial charge in [-0.2, -0.15) is 0 Å². The van der Waals surface area contributed by atoms with Crippen LogP contribution in [0.4, 0.5) is 0 Å². The standard InChI is InChI=1S/C14H28O3.C6H6N2O2.Zn/c1-2-3-4-5-6-7-8-9-10-11-12-13(15)14(16)17;9-6(10)2-1-5-3-7-4-8-5;/h13,15H,2-12H2,1H3,(H,16,17);1-4H,(H,7,8)(H,9,10);/q;;+2/p-2. The summed E-state index contributed by atoms with van der Waals surface area (Å²) in [5, 5.41) is 29.1. The number of carbonyl (C=O) groups excluding carboxylic acids is 2. The molecule has 0 aliphatic carbocycles. The number of rotatable bonds is 14. The van der Waals surface area contributed by atoms with Crippen LogP contribution in [0.5, 0.6) is 0 Å². The molecule has 0 radical (unpaired) electrons. The molecule has 0 spiro atoms. The summed E-state index contributed by atoms with van der Waals surface area (Å²) in [6.07, 6.45) is 16.5. The van der Waals surface area contributed by atoms with Crippen molar-refractivity contribution in [1.82, 2.24) is 9.97 Å². The van der Waals surface area contributed by atoms with Crippen LogP contribution in [0.1, 0.15) is 83.2 Å². The number of hydrogen-bond donors (Lipinski definition) is 2. The van der Waals surface area contributed by atoms with E-state index in [0.29, 0.717) is 12.1 Å². The minimum absolute atomic E-state index is 0. The third-order valence-corrected chi connectivity index (χ3v) is 4.02. The van der Waals surface area contributed by atoms with Crippen molar-refractivity contribution in [1.29, 1.82) is 0 Å². The smallest absolute Gasteiger partial charge is 0.547 e. The fourth-order valence-electron chi connectivity index (χ4n) is 2.46. The Hall–Kier alpha value is -1.53. The van der Waals surface area contributed by atoms with E-state index in [0.717, 1.165) is 25.3 Å². The van der Waals surface area contributed by atoms with Crippen molar-refractivity contribution in [3.63, 3.8) is 0 Å². The number of imidazole rings is 1. The topological polar surface area (TPSA) is 129 Å². The van der Waals surface area contributed by atoms with Crippen molar-refractivity contribution in [3.8, 4) is 0 Å². The van der Waals surface area contributed by atoms with E-state index in [9.17, 15) is 19.8 Å². The molecule has 0 fully saturated rings. The van der Waals surface area contributed by atoms with Crippen LogP contribution in [0.25, 0.3) is 6.08 Å². The average molecular weight is 446 g/mol. The molecule has 154 valence electrons. The number of H-pyrrole nitrogens is 1. The number of aliphatic hydroxyl groups is 1. The van der Waals surface area contributed by atoms with Gasteiger partial charge in [0.1, 0.15) is 0 Å². The number of aromatic nitrogens is 2. The number of carbonyl (C=O) groups is 2. The van der Waals surface area contributed by atoms with Gasteiger partial charge < -0.3 is 29.9 Å². The van der Waals surface area contributed by atoms with Crippen molar-refractivity contribution >= 4 is 18.0 Å². The van der Waals surface area contributed by atoms with E-state index in [4.69, 9.17) is 5.11 Å². The zero-order chi connectivity index (χ0) is 20.3. The van der Waals surface area contributed by atoms with Gasteiger partial charge in [0.15, 0.2) is 0 Å². The summed E-state index contributed by atoms with van der Waals surface area (Å²) in [6, 6.07) is 0. The van der Waals surface area contributed by atoms with E-state index >= 15 is 0 Å². The molecule has 1 atom stereocenters. The first-order valence-electron chi connectivity index (χ1n) is 9.73. The molecule has 0 aromatic carbocycles. The minimum Gasteiger partial charge on any atom is -0.547 e. The van der Waals surface area contributed by atoms with Crippen LogP contribution in [0, 0.1) is 0 Å². The summed E-state index contributed by atoms with van der Waals surface area (Å²) in [5.74, 6) is -2.56. The number of aliphatic hydroxyl groups excluding tert-OH is 1. The summed E-state index contributed by atoms with van der Waals surface area (Å²) in [4.78, 5) is 26.5. The first kappa shape index (κ1) is 28.7. The molecule has 0 saturated heterocycles. The molecule has 1 heterocycles. The van der Waals surface area contributed by atoms with Gasteiger partial charge in [0.2, 0.25) is 0 Å². The molecule has 0 saturated carbocycles. The third kappa shape index (κ3) is 19.2. The van der Waals surface area contributed by atoms with Gasteiger partial charge in [-0.05, 0) is 18.6 Å². The Labute approximate surface area is 180 Å². The van der Waals surface area contributed by atoms with Crippen LogP contribution < -0.4 is 10.2 Å². The number of aliphatic carboxylic acids is 2. The Bertz CT molecular complexity index is 521. The molecule has 0 aliphatic heterocycles. The number of unbranched alkanes of at least 4 members (excludes halogenated alkanes) is 9. The van der Waals surface area contributed by atoms with E-state index in [2.05, 4.69) is 16.9 Å². The number of aromatic amines is 1. The van der Waals surface area contributed by atoms with Crippen LogP contribution in [-0.4, -0.2) is 33.1 Å². The van der Waals surface area contributed by atoms with Crippen LogP contribution in [0.3, 0.4) is 0 Å². The molecule has 1 aromatic rings. The van der Waals surface area contributed by atoms with Crippen molar-refractivity contribution in [2.24, 2.45) is 0 Å². The van der Waals surface area contributed by atoms with E-state index in [1.807, 2.05) is 0 Å². The number of carboxylic acid groups (broad SMARTS) is 2. The molecule has 1 unspecified atom stereocenters. The number of nitrogens with one attached hydrogen (secondary N) is 1. The maximum absolute atomic E-state index is 10.2. The number of hydrogen-bond acceptors (Lipinski definition) is 6. The van der Waals surface area contributed by atoms with E-state index in [1.165, 1.54) is 63.5 Å². The maximum atomic E-state index is 10.2. The molecule has 0 aliphatic rings. The Morgan fingerprint density at radius 1 is 1.07 bits per heavy atom. The molecule has 2 N–H and O–H groups in total. The van der Waals surface area contributed by atoms with E-state index < -0.39 is 18.0 Å². The summed E-state index contributed by atoms with van der Waals surface area (Å²) in [5.41, 5.74) is 0.643. The first-order valence-corrected chi connectivity index (χ1v) is 9.73. The molecule has 1 rings (SSSR count). The number of nitrogens with zero attached hydrogens (tertiary/aromatic N) is 1. The SMILES string of the molecule is CCCCCCCCCCCCC(O)C(=O)[O-].O=C([O-])C=Cc1cnc[nH]1.[Zn+2]. The maximum Gasteiger partial charge on any atom is 2.00 e. The van der Waals surface area contributed by atoms with Gasteiger partial charge in [-0.1, -0.05) is 71.1 Å². The quantitative estimate of drug-likeness (QED) is 0.254. The van der Waals surface area contributed by atoms with Gasteiger partial charge in [-0.25, -0.2) is 4.98 Å². The van der Waals surface area contributed by atoms with Crippen molar-refractivity contribution in [2.45, 2.75) is 83.7 Å². The van der Waals surface area contributed by atoms with Gasteiger partial charge in [0, 0.05) is 0 Å². The molecule has 0 amide bonds. The van der Waals surface area contributed by atoms with Crippen molar-refractivity contribution in [3.05, 3.63) is 24.3 Å². The Morgan fingerprint density at radius 3 is 2.04 bits per heavy atom. The summed E-state index contributed by atoms with van der Waals surface area (Å²) in [7, 11) is 0. The fourth-order valence-corrected chi connectivity index (χ4v) is 2.46. The van der Waals surface area contributed by atoms with Crippen molar-refractivity contribution in [2.75, 3.05) is 0 Å². The van der Waals surface area contributed by atoms with Crippen LogP contribution in [0.2, 0.25) is 0 Å². The van der Waals surface area contributed by atoms with Gasteiger partial charge in [0.05, 0.1) is 36.3 Å². The predicted molar refractivity (Wildman–Crippen MR) is 100 cm³/mol. The molecule has 8 heteroatoms. The van der Waals surface area contributed by atoms with Gasteiger partial charge in [0.25, 0.3) is 0 Å². The Morgan fingerprint density at radius 2 is 1.61 bits per heavy atom. The summed E-state index contributed by atoms with van der Waals surface area (Å²) >= 11 is 0. The monoisotopic (exact) mass is 444 g/mol. The van der Waals surface area contributed by atoms with Gasteiger partial charge in [-0.15, -0.1) is 0 Å². The second-order valence-electron chi connectivity index (χ2n) is 6.46. The molecule has 1 aromatic heterocycles. The summed E-state index contributed by atoms with van der Waals surface area (Å²) in [6.45, 7) is 2.22. The average Bonchev–Trinajstić information content (AvgIpc) is 3.15. The molecular formula is C20H32N2O5Zn. The van der Waals surface area contributed by atoms with E-state index in [1.54, 1.807) is 0 Å². The number of carboxylic acids is 2. The van der Waals surface area contributed by atoms with Gasteiger partial charge in [-0.3, -0.25) is 0 Å². The summed E-state index contributed by atoms with van der Waals surface area (Å²) < 4.78 is 0. The van der Waals surface area contributed by atoms with E-state index in [-0.39, 0.29) is 19.5 Å². The third-order valence-electron chi connectivity index (χ3n) is 4.02. The molecular weight excluding hydrogens is 414 g/mol. The normalized spacial score (nSPS) is 11.4. The van der Waals surface area contributed by atoms with Gasteiger partial charge >= 0.3 is 19.5 Å². The second-order valence-corrected chi connectivity index (χ2v) is 6.46. The molecule has 7 nitrogen and oxygen atoms in total. The fraction of sp³-hybridized carbons (Fsp3) is 0.650. The molecule has 28 heavy (non-hydrogen) atoms. The molecule has 0 bridgehead atoms. The largest absolute Gasteiger partial charge is 2.00 e. The van der Waals surface area contributed by atoms with Crippen molar-refractivity contribution < 1.29 is 44.4 Å².